The van der Waals surface area contributed by atoms with Crippen LogP contribution >= 0.6 is 0 Å². The van der Waals surface area contributed by atoms with Crippen LogP contribution in [-0.4, -0.2) is 33.8 Å². The Morgan fingerprint density at radius 1 is 1.19 bits per heavy atom. The monoisotopic (exact) mass is 376 g/mol. The van der Waals surface area contributed by atoms with Crippen molar-refractivity contribution in [2.45, 2.75) is 52.1 Å². The predicted molar refractivity (Wildman–Crippen MR) is 100 cm³/mol. The molecule has 0 saturated heterocycles. The number of hydrogen-bond acceptors (Lipinski definition) is 3. The normalized spacial score (nSPS) is 14.6. The van der Waals surface area contributed by atoms with Gasteiger partial charge in [0.05, 0.1) is 6.54 Å². The van der Waals surface area contributed by atoms with Crippen LogP contribution in [0, 0.1) is 11.6 Å². The lowest BCUT2D eigenvalue weighted by Gasteiger charge is -2.12. The zero-order chi connectivity index (χ0) is 19.1. The minimum atomic E-state index is -0.466. The van der Waals surface area contributed by atoms with E-state index in [0.29, 0.717) is 19.0 Å². The molecule has 8 heteroatoms. The lowest BCUT2D eigenvalue weighted by Crippen LogP contribution is -2.38. The fourth-order valence-electron chi connectivity index (χ4n) is 3.19. The maximum absolute atomic E-state index is 13.7. The van der Waals surface area contributed by atoms with Crippen LogP contribution in [0.5, 0.6) is 0 Å². The van der Waals surface area contributed by atoms with E-state index in [1.807, 2.05) is 6.92 Å². The number of hydrogen-bond donors (Lipinski definition) is 2. The summed E-state index contributed by atoms with van der Waals surface area (Å²) in [5.41, 5.74) is 0.231. The highest BCUT2D eigenvalue weighted by molar-refractivity contribution is 5.79. The van der Waals surface area contributed by atoms with Crippen LogP contribution in [0.4, 0.5) is 8.78 Å². The van der Waals surface area contributed by atoms with Crippen molar-refractivity contribution in [1.82, 2.24) is 25.4 Å². The summed E-state index contributed by atoms with van der Waals surface area (Å²) >= 11 is 0. The molecule has 0 amide bonds. The maximum Gasteiger partial charge on any atom is 0.191 e. The van der Waals surface area contributed by atoms with Crippen LogP contribution in [0.15, 0.2) is 23.2 Å². The summed E-state index contributed by atoms with van der Waals surface area (Å²) in [6.07, 6.45) is 5.28. The van der Waals surface area contributed by atoms with Gasteiger partial charge in [0.2, 0.25) is 0 Å². The molecule has 2 N–H and O–H groups in total. The molecule has 0 fully saturated rings. The van der Waals surface area contributed by atoms with Gasteiger partial charge in [-0.2, -0.15) is 0 Å². The molecule has 1 aromatic heterocycles. The van der Waals surface area contributed by atoms with Gasteiger partial charge < -0.3 is 15.2 Å². The Labute approximate surface area is 158 Å². The van der Waals surface area contributed by atoms with Crippen molar-refractivity contribution < 1.29 is 8.78 Å². The third-order valence-corrected chi connectivity index (χ3v) is 4.59. The molecule has 1 aliphatic rings. The number of nitrogens with zero attached hydrogens (tertiary/aromatic N) is 4. The molecule has 2 aromatic rings. The van der Waals surface area contributed by atoms with E-state index in [-0.39, 0.29) is 12.1 Å². The molecular formula is C19H26F2N6. The highest BCUT2D eigenvalue weighted by atomic mass is 19.1. The van der Waals surface area contributed by atoms with E-state index in [1.165, 1.54) is 18.9 Å². The summed E-state index contributed by atoms with van der Waals surface area (Å²) in [6, 6.07) is 3.40. The quantitative estimate of drug-likeness (QED) is 0.601. The fourth-order valence-corrected chi connectivity index (χ4v) is 3.19. The van der Waals surface area contributed by atoms with Crippen molar-refractivity contribution in [3.8, 4) is 0 Å². The summed E-state index contributed by atoms with van der Waals surface area (Å²) in [7, 11) is 0. The third kappa shape index (κ3) is 5.24. The van der Waals surface area contributed by atoms with Crippen molar-refractivity contribution in [2.75, 3.05) is 13.1 Å². The Morgan fingerprint density at radius 3 is 2.93 bits per heavy atom. The van der Waals surface area contributed by atoms with E-state index in [4.69, 9.17) is 0 Å². The van der Waals surface area contributed by atoms with Crippen LogP contribution in [0.25, 0.3) is 0 Å². The Bertz CT molecular complexity index is 787. The SMILES string of the molecule is CCNC(=NCc1cc(F)ccc1F)NCCc1nnc2n1CCCCC2. The second-order valence-corrected chi connectivity index (χ2v) is 6.60. The van der Waals surface area contributed by atoms with Gasteiger partial charge in [-0.05, 0) is 38.0 Å². The second-order valence-electron chi connectivity index (χ2n) is 6.60. The van der Waals surface area contributed by atoms with E-state index in [9.17, 15) is 8.78 Å². The van der Waals surface area contributed by atoms with Crippen molar-refractivity contribution in [3.05, 3.63) is 47.0 Å². The van der Waals surface area contributed by atoms with Crippen molar-refractivity contribution in [2.24, 2.45) is 4.99 Å². The molecule has 3 rings (SSSR count). The number of aryl methyl sites for hydroxylation is 1. The van der Waals surface area contributed by atoms with E-state index in [0.717, 1.165) is 49.6 Å². The molecule has 6 nitrogen and oxygen atoms in total. The van der Waals surface area contributed by atoms with Crippen LogP contribution < -0.4 is 10.6 Å². The molecule has 146 valence electrons. The zero-order valence-electron chi connectivity index (χ0n) is 15.6. The number of halogens is 2. The Kier molecular flexibility index (Phi) is 6.73. The summed E-state index contributed by atoms with van der Waals surface area (Å²) in [6.45, 7) is 4.32. The Balaban J connectivity index is 1.58. The van der Waals surface area contributed by atoms with Crippen LogP contribution in [0.2, 0.25) is 0 Å². The van der Waals surface area contributed by atoms with Gasteiger partial charge in [-0.15, -0.1) is 10.2 Å². The minimum Gasteiger partial charge on any atom is -0.357 e. The smallest absolute Gasteiger partial charge is 0.191 e. The lowest BCUT2D eigenvalue weighted by molar-refractivity contribution is 0.585. The number of fused-ring (bicyclic) bond motifs is 1. The average Bonchev–Trinajstić information content (AvgIpc) is 2.88. The highest BCUT2D eigenvalue weighted by Crippen LogP contribution is 2.14. The molecule has 0 saturated carbocycles. The molecule has 0 spiro atoms. The van der Waals surface area contributed by atoms with Gasteiger partial charge in [-0.1, -0.05) is 6.42 Å². The number of rotatable bonds is 6. The van der Waals surface area contributed by atoms with Crippen LogP contribution in [0.3, 0.4) is 0 Å². The minimum absolute atomic E-state index is 0.0687. The third-order valence-electron chi connectivity index (χ3n) is 4.59. The predicted octanol–water partition coefficient (Wildman–Crippen LogP) is 2.58. The van der Waals surface area contributed by atoms with Gasteiger partial charge in [-0.25, -0.2) is 13.8 Å². The molecule has 0 radical (unpaired) electrons. The van der Waals surface area contributed by atoms with Gasteiger partial charge in [0.1, 0.15) is 23.3 Å². The van der Waals surface area contributed by atoms with E-state index in [1.54, 1.807) is 0 Å². The lowest BCUT2D eigenvalue weighted by atomic mass is 10.2. The van der Waals surface area contributed by atoms with Gasteiger partial charge in [-0.3, -0.25) is 0 Å². The topological polar surface area (TPSA) is 67.1 Å². The largest absolute Gasteiger partial charge is 0.357 e. The maximum atomic E-state index is 13.7. The van der Waals surface area contributed by atoms with Crippen LogP contribution in [-0.2, 0) is 25.9 Å². The van der Waals surface area contributed by atoms with E-state index < -0.39 is 11.6 Å². The van der Waals surface area contributed by atoms with Crippen molar-refractivity contribution >= 4 is 5.96 Å². The van der Waals surface area contributed by atoms with E-state index in [2.05, 4.69) is 30.4 Å². The standard InChI is InChI=1S/C19H26F2N6/c1-2-22-19(24-13-14-12-15(20)7-8-16(14)21)23-10-9-18-26-25-17-6-4-3-5-11-27(17)18/h7-8,12H,2-6,9-11,13H2,1H3,(H2,22,23,24). The van der Waals surface area contributed by atoms with Gasteiger partial charge in [0.25, 0.3) is 0 Å². The Morgan fingerprint density at radius 2 is 2.07 bits per heavy atom. The number of guanidine groups is 1. The molecule has 0 unspecified atom stereocenters. The first-order valence-electron chi connectivity index (χ1n) is 9.54. The Hall–Kier alpha value is -2.51. The highest BCUT2D eigenvalue weighted by Gasteiger charge is 2.14. The number of aliphatic imine (C=N–C) groups is 1. The molecule has 2 heterocycles. The molecule has 0 atom stereocenters. The molecule has 0 aliphatic carbocycles. The number of aromatic nitrogens is 3. The van der Waals surface area contributed by atoms with Gasteiger partial charge in [0, 0.05) is 38.0 Å². The second kappa shape index (κ2) is 9.43. The first-order valence-corrected chi connectivity index (χ1v) is 9.54. The van der Waals surface area contributed by atoms with Gasteiger partial charge >= 0.3 is 0 Å². The van der Waals surface area contributed by atoms with Crippen molar-refractivity contribution in [1.29, 1.82) is 0 Å². The first-order chi connectivity index (χ1) is 13.2. The summed E-state index contributed by atoms with van der Waals surface area (Å²) in [5.74, 6) is 1.70. The van der Waals surface area contributed by atoms with Crippen LogP contribution in [0.1, 0.15) is 43.4 Å². The summed E-state index contributed by atoms with van der Waals surface area (Å²) in [5, 5.41) is 15.0. The summed E-state index contributed by atoms with van der Waals surface area (Å²) < 4.78 is 29.3. The molecule has 0 bridgehead atoms. The number of nitrogens with one attached hydrogen (secondary N) is 2. The fraction of sp³-hybridized carbons (Fsp3) is 0.526. The molecular weight excluding hydrogens is 350 g/mol. The van der Waals surface area contributed by atoms with Gasteiger partial charge in [0.15, 0.2) is 5.96 Å². The zero-order valence-corrected chi connectivity index (χ0v) is 15.6. The molecule has 1 aliphatic heterocycles. The molecule has 27 heavy (non-hydrogen) atoms. The number of benzene rings is 1. The van der Waals surface area contributed by atoms with Crippen molar-refractivity contribution in [3.63, 3.8) is 0 Å². The van der Waals surface area contributed by atoms with E-state index >= 15 is 0 Å². The summed E-state index contributed by atoms with van der Waals surface area (Å²) in [4.78, 5) is 4.35. The molecule has 1 aromatic carbocycles. The first kappa shape index (κ1) is 19.3. The average molecular weight is 376 g/mol.